The topological polar surface area (TPSA) is 67.3 Å². The molecule has 0 spiro atoms. The van der Waals surface area contributed by atoms with E-state index in [2.05, 4.69) is 29.0 Å². The van der Waals surface area contributed by atoms with Crippen molar-refractivity contribution in [2.24, 2.45) is 5.41 Å². The Morgan fingerprint density at radius 3 is 2.79 bits per heavy atom. The van der Waals surface area contributed by atoms with Crippen molar-refractivity contribution in [2.75, 3.05) is 25.1 Å². The molecule has 1 aromatic heterocycles. The van der Waals surface area contributed by atoms with Crippen LogP contribution < -0.4 is 15.0 Å². The Hall–Kier alpha value is -2.63. The van der Waals surface area contributed by atoms with Gasteiger partial charge in [-0.15, -0.1) is 0 Å². The number of rotatable bonds is 5. The fourth-order valence-corrected chi connectivity index (χ4v) is 4.50. The number of hydrogen-bond donors (Lipinski definition) is 1. The molecule has 1 aromatic carbocycles. The highest BCUT2D eigenvalue weighted by Crippen LogP contribution is 2.40. The average Bonchev–Trinajstić information content (AvgIpc) is 3.22. The van der Waals surface area contributed by atoms with Crippen LogP contribution in [-0.2, 0) is 17.6 Å². The fourth-order valence-electron chi connectivity index (χ4n) is 4.50. The van der Waals surface area contributed by atoms with E-state index in [1.165, 1.54) is 12.8 Å². The molecular formula is C23H30N4O2. The number of amides is 1. The standard InChI is InChI=1S/C23H30N4O2/c1-23(2)13-18(25-21(28)12-16-8-4-5-9-20(16)29-3)17-15-24-22(26-19(17)14-23)27-10-6-7-11-27/h4-5,8-9,15,18H,6-7,10-14H2,1-3H3,(H,25,28). The number of nitrogens with one attached hydrogen (secondary N) is 1. The van der Waals surface area contributed by atoms with E-state index in [9.17, 15) is 4.79 Å². The molecule has 1 atom stereocenters. The zero-order valence-corrected chi connectivity index (χ0v) is 17.6. The molecular weight excluding hydrogens is 364 g/mol. The number of methoxy groups -OCH3 is 1. The third-order valence-corrected chi connectivity index (χ3v) is 5.93. The van der Waals surface area contributed by atoms with Gasteiger partial charge in [0.2, 0.25) is 11.9 Å². The maximum Gasteiger partial charge on any atom is 0.225 e. The monoisotopic (exact) mass is 394 g/mol. The van der Waals surface area contributed by atoms with E-state index >= 15 is 0 Å². The molecule has 154 valence electrons. The summed E-state index contributed by atoms with van der Waals surface area (Å²) in [5, 5.41) is 3.23. The van der Waals surface area contributed by atoms with Crippen molar-refractivity contribution in [1.82, 2.24) is 15.3 Å². The Bertz CT molecular complexity index is 890. The highest BCUT2D eigenvalue weighted by atomic mass is 16.5. The molecule has 2 aliphatic rings. The third-order valence-electron chi connectivity index (χ3n) is 5.93. The molecule has 0 saturated carbocycles. The Kier molecular flexibility index (Phi) is 5.43. The van der Waals surface area contributed by atoms with Gasteiger partial charge in [-0.3, -0.25) is 4.79 Å². The van der Waals surface area contributed by atoms with Crippen molar-refractivity contribution in [3.63, 3.8) is 0 Å². The highest BCUT2D eigenvalue weighted by molar-refractivity contribution is 5.79. The molecule has 1 aliphatic carbocycles. The van der Waals surface area contributed by atoms with E-state index in [1.54, 1.807) is 7.11 Å². The Labute approximate surface area is 172 Å². The van der Waals surface area contributed by atoms with Gasteiger partial charge in [0.25, 0.3) is 0 Å². The first-order valence-electron chi connectivity index (χ1n) is 10.5. The van der Waals surface area contributed by atoms with Crippen molar-refractivity contribution in [2.45, 2.75) is 52.0 Å². The van der Waals surface area contributed by atoms with Gasteiger partial charge in [0.15, 0.2) is 0 Å². The number of ether oxygens (including phenoxy) is 1. The minimum Gasteiger partial charge on any atom is -0.496 e. The molecule has 2 heterocycles. The first-order chi connectivity index (χ1) is 13.9. The van der Waals surface area contributed by atoms with Gasteiger partial charge in [-0.2, -0.15) is 0 Å². The number of benzene rings is 1. The van der Waals surface area contributed by atoms with E-state index < -0.39 is 0 Å². The number of carbonyl (C=O) groups excluding carboxylic acids is 1. The van der Waals surface area contributed by atoms with Crippen LogP contribution in [-0.4, -0.2) is 36.1 Å². The van der Waals surface area contributed by atoms with Crippen LogP contribution in [0.3, 0.4) is 0 Å². The molecule has 1 aliphatic heterocycles. The van der Waals surface area contributed by atoms with Gasteiger partial charge >= 0.3 is 0 Å². The number of aromatic nitrogens is 2. The van der Waals surface area contributed by atoms with Crippen LogP contribution in [0, 0.1) is 5.41 Å². The Morgan fingerprint density at radius 2 is 2.03 bits per heavy atom. The highest BCUT2D eigenvalue weighted by Gasteiger charge is 2.35. The van der Waals surface area contributed by atoms with E-state index in [0.29, 0.717) is 6.42 Å². The molecule has 6 nitrogen and oxygen atoms in total. The SMILES string of the molecule is COc1ccccc1CC(=O)NC1CC(C)(C)Cc2nc(N3CCCC3)ncc21. The maximum absolute atomic E-state index is 12.8. The van der Waals surface area contributed by atoms with Gasteiger partial charge in [-0.05, 0) is 37.2 Å². The number of fused-ring (bicyclic) bond motifs is 1. The minimum absolute atomic E-state index is 0.00762. The summed E-state index contributed by atoms with van der Waals surface area (Å²) in [5.74, 6) is 1.57. The summed E-state index contributed by atoms with van der Waals surface area (Å²) in [6, 6.07) is 7.59. The Balaban J connectivity index is 1.54. The summed E-state index contributed by atoms with van der Waals surface area (Å²) in [6.07, 6.45) is 6.41. The van der Waals surface area contributed by atoms with Crippen LogP contribution >= 0.6 is 0 Å². The van der Waals surface area contributed by atoms with E-state index in [4.69, 9.17) is 9.72 Å². The molecule has 6 heteroatoms. The predicted octanol–water partition coefficient (Wildman–Crippen LogP) is 3.46. The summed E-state index contributed by atoms with van der Waals surface area (Å²) in [6.45, 7) is 6.54. The number of hydrogen-bond acceptors (Lipinski definition) is 5. The Morgan fingerprint density at radius 1 is 1.28 bits per heavy atom. The minimum atomic E-state index is -0.0661. The van der Waals surface area contributed by atoms with Crippen molar-refractivity contribution < 1.29 is 9.53 Å². The van der Waals surface area contributed by atoms with Crippen molar-refractivity contribution in [1.29, 1.82) is 0 Å². The summed E-state index contributed by atoms with van der Waals surface area (Å²) in [5.41, 5.74) is 3.09. The summed E-state index contributed by atoms with van der Waals surface area (Å²) in [4.78, 5) is 24.6. The second-order valence-electron chi connectivity index (χ2n) is 8.92. The van der Waals surface area contributed by atoms with Crippen LogP contribution in [0.2, 0.25) is 0 Å². The van der Waals surface area contributed by atoms with E-state index in [0.717, 1.165) is 54.4 Å². The van der Waals surface area contributed by atoms with Crippen LogP contribution in [0.1, 0.15) is 56.0 Å². The molecule has 29 heavy (non-hydrogen) atoms. The molecule has 1 N–H and O–H groups in total. The second-order valence-corrected chi connectivity index (χ2v) is 8.92. The molecule has 2 aromatic rings. The molecule has 0 radical (unpaired) electrons. The van der Waals surface area contributed by atoms with Crippen molar-refractivity contribution in [3.05, 3.63) is 47.3 Å². The molecule has 1 fully saturated rings. The lowest BCUT2D eigenvalue weighted by molar-refractivity contribution is -0.121. The molecule has 0 bridgehead atoms. The number of anilines is 1. The van der Waals surface area contributed by atoms with Gasteiger partial charge in [-0.1, -0.05) is 32.0 Å². The summed E-state index contributed by atoms with van der Waals surface area (Å²) >= 11 is 0. The average molecular weight is 395 g/mol. The van der Waals surface area contributed by atoms with E-state index in [1.807, 2.05) is 30.5 Å². The summed E-state index contributed by atoms with van der Waals surface area (Å²) < 4.78 is 5.38. The maximum atomic E-state index is 12.8. The molecule has 4 rings (SSSR count). The largest absolute Gasteiger partial charge is 0.496 e. The molecule has 1 amide bonds. The van der Waals surface area contributed by atoms with Crippen LogP contribution in [0.25, 0.3) is 0 Å². The normalized spacial score (nSPS) is 20.2. The lowest BCUT2D eigenvalue weighted by Gasteiger charge is -2.36. The number of nitrogens with zero attached hydrogens (tertiary/aromatic N) is 3. The van der Waals surface area contributed by atoms with Crippen LogP contribution in [0.4, 0.5) is 5.95 Å². The van der Waals surface area contributed by atoms with Gasteiger partial charge in [0.05, 0.1) is 25.3 Å². The van der Waals surface area contributed by atoms with Gasteiger partial charge < -0.3 is 15.0 Å². The smallest absolute Gasteiger partial charge is 0.225 e. The molecule has 1 saturated heterocycles. The zero-order valence-electron chi connectivity index (χ0n) is 17.6. The quantitative estimate of drug-likeness (QED) is 0.841. The lowest BCUT2D eigenvalue weighted by atomic mass is 9.74. The number of para-hydroxylation sites is 1. The summed E-state index contributed by atoms with van der Waals surface area (Å²) in [7, 11) is 1.63. The van der Waals surface area contributed by atoms with Crippen LogP contribution in [0.15, 0.2) is 30.5 Å². The second kappa shape index (κ2) is 8.01. The van der Waals surface area contributed by atoms with Gasteiger partial charge in [0.1, 0.15) is 5.75 Å². The first kappa shape index (κ1) is 19.7. The van der Waals surface area contributed by atoms with E-state index in [-0.39, 0.29) is 17.4 Å². The van der Waals surface area contributed by atoms with Gasteiger partial charge in [0, 0.05) is 30.4 Å². The fraction of sp³-hybridized carbons (Fsp3) is 0.522. The van der Waals surface area contributed by atoms with Crippen molar-refractivity contribution in [3.8, 4) is 5.75 Å². The predicted molar refractivity (Wildman–Crippen MR) is 113 cm³/mol. The third kappa shape index (κ3) is 4.36. The van der Waals surface area contributed by atoms with Gasteiger partial charge in [-0.25, -0.2) is 9.97 Å². The molecule has 1 unspecified atom stereocenters. The number of carbonyl (C=O) groups is 1. The lowest BCUT2D eigenvalue weighted by Crippen LogP contribution is -2.38. The zero-order chi connectivity index (χ0) is 20.4. The van der Waals surface area contributed by atoms with Crippen molar-refractivity contribution >= 4 is 11.9 Å². The first-order valence-corrected chi connectivity index (χ1v) is 10.5. The van der Waals surface area contributed by atoms with Crippen LogP contribution in [0.5, 0.6) is 5.75 Å².